The molecule has 5 heteroatoms. The van der Waals surface area contributed by atoms with Crippen LogP contribution in [0.3, 0.4) is 0 Å². The van der Waals surface area contributed by atoms with E-state index in [0.29, 0.717) is 17.7 Å². The van der Waals surface area contributed by atoms with Gasteiger partial charge in [-0.2, -0.15) is 0 Å². The Morgan fingerprint density at radius 2 is 2.00 bits per heavy atom. The molecular formula is C17H27NO4. The Morgan fingerprint density at radius 3 is 2.50 bits per heavy atom. The van der Waals surface area contributed by atoms with E-state index in [-0.39, 0.29) is 5.75 Å². The highest BCUT2D eigenvalue weighted by Gasteiger charge is 2.30. The molecule has 22 heavy (non-hydrogen) atoms. The van der Waals surface area contributed by atoms with Gasteiger partial charge in [-0.25, -0.2) is 0 Å². The van der Waals surface area contributed by atoms with E-state index in [1.807, 2.05) is 6.92 Å². The quantitative estimate of drug-likeness (QED) is 0.790. The normalized spacial score (nSPS) is 14.3. The van der Waals surface area contributed by atoms with Gasteiger partial charge in [-0.1, -0.05) is 13.3 Å². The van der Waals surface area contributed by atoms with Crippen LogP contribution < -0.4 is 10.5 Å². The fourth-order valence-corrected chi connectivity index (χ4v) is 1.99. The van der Waals surface area contributed by atoms with Gasteiger partial charge < -0.3 is 20.3 Å². The monoisotopic (exact) mass is 309 g/mol. The minimum absolute atomic E-state index is 0.204. The van der Waals surface area contributed by atoms with E-state index in [0.717, 1.165) is 6.42 Å². The molecule has 0 aromatic heterocycles. The molecule has 0 aliphatic rings. The van der Waals surface area contributed by atoms with E-state index < -0.39 is 23.7 Å². The lowest BCUT2D eigenvalue weighted by molar-refractivity contribution is -0.158. The number of esters is 1. The zero-order valence-corrected chi connectivity index (χ0v) is 14.1. The molecule has 3 N–H and O–H groups in total. The van der Waals surface area contributed by atoms with Crippen LogP contribution in [-0.2, 0) is 9.53 Å². The third-order valence-corrected chi connectivity index (χ3v) is 3.11. The van der Waals surface area contributed by atoms with Crippen molar-refractivity contribution >= 4 is 5.97 Å². The van der Waals surface area contributed by atoms with Crippen LogP contribution >= 0.6 is 0 Å². The van der Waals surface area contributed by atoms with Gasteiger partial charge in [0.15, 0.2) is 0 Å². The molecule has 1 aromatic rings. The van der Waals surface area contributed by atoms with Crippen LogP contribution in [0.4, 0.5) is 0 Å². The Labute approximate surface area is 132 Å². The highest BCUT2D eigenvalue weighted by molar-refractivity contribution is 5.76. The molecule has 1 rings (SSSR count). The molecule has 2 atom stereocenters. The summed E-state index contributed by atoms with van der Waals surface area (Å²) in [5.41, 5.74) is 6.15. The van der Waals surface area contributed by atoms with Crippen LogP contribution in [0.15, 0.2) is 18.2 Å². The fraction of sp³-hybridized carbons (Fsp3) is 0.588. The van der Waals surface area contributed by atoms with Gasteiger partial charge in [-0.05, 0) is 57.9 Å². The van der Waals surface area contributed by atoms with Crippen molar-refractivity contribution in [3.05, 3.63) is 23.8 Å². The first-order valence-corrected chi connectivity index (χ1v) is 7.58. The standard InChI is InChI=1S/C17H27NO4/c1-6-7-14(15(18)16(20)22-17(3,4)5)21-12-8-9-13(19)11(2)10-12/h8-10,14-15,19H,6-7,18H2,1-5H3. The van der Waals surface area contributed by atoms with Crippen LogP contribution in [0.1, 0.15) is 46.1 Å². The highest BCUT2D eigenvalue weighted by atomic mass is 16.6. The summed E-state index contributed by atoms with van der Waals surface area (Å²) < 4.78 is 11.2. The number of rotatable bonds is 6. The summed E-state index contributed by atoms with van der Waals surface area (Å²) in [6.07, 6.45) is 1.00. The maximum absolute atomic E-state index is 12.1. The number of hydrogen-bond acceptors (Lipinski definition) is 5. The molecule has 0 saturated heterocycles. The Balaban J connectivity index is 2.83. The molecule has 0 bridgehead atoms. The van der Waals surface area contributed by atoms with Gasteiger partial charge in [-0.3, -0.25) is 4.79 Å². The zero-order chi connectivity index (χ0) is 16.9. The average molecular weight is 309 g/mol. The lowest BCUT2D eigenvalue weighted by atomic mass is 10.1. The lowest BCUT2D eigenvalue weighted by Gasteiger charge is -2.27. The maximum atomic E-state index is 12.1. The Hall–Kier alpha value is -1.75. The van der Waals surface area contributed by atoms with Gasteiger partial charge >= 0.3 is 5.97 Å². The molecule has 0 saturated carbocycles. The number of aryl methyl sites for hydroxylation is 1. The smallest absolute Gasteiger partial charge is 0.327 e. The van der Waals surface area contributed by atoms with Gasteiger partial charge in [0.05, 0.1) is 0 Å². The first kappa shape index (κ1) is 18.3. The molecule has 0 spiro atoms. The molecular weight excluding hydrogens is 282 g/mol. The SMILES string of the molecule is CCCC(Oc1ccc(O)c(C)c1)C(N)C(=O)OC(C)(C)C. The second-order valence-corrected chi connectivity index (χ2v) is 6.45. The third-order valence-electron chi connectivity index (χ3n) is 3.11. The van der Waals surface area contributed by atoms with Crippen molar-refractivity contribution in [3.63, 3.8) is 0 Å². The van der Waals surface area contributed by atoms with Crippen molar-refractivity contribution in [1.29, 1.82) is 0 Å². The molecule has 2 unspecified atom stereocenters. The number of carbonyl (C=O) groups excluding carboxylic acids is 1. The van der Waals surface area contributed by atoms with Gasteiger partial charge in [0, 0.05) is 0 Å². The topological polar surface area (TPSA) is 81.8 Å². The Morgan fingerprint density at radius 1 is 1.36 bits per heavy atom. The van der Waals surface area contributed by atoms with Crippen LogP contribution in [-0.4, -0.2) is 28.8 Å². The van der Waals surface area contributed by atoms with Gasteiger partial charge in [-0.15, -0.1) is 0 Å². The number of aromatic hydroxyl groups is 1. The summed E-state index contributed by atoms with van der Waals surface area (Å²) in [6, 6.07) is 4.09. The minimum atomic E-state index is -0.853. The van der Waals surface area contributed by atoms with E-state index in [1.165, 1.54) is 0 Å². The summed E-state index contributed by atoms with van der Waals surface area (Å²) in [5.74, 6) is 0.310. The van der Waals surface area contributed by atoms with E-state index in [2.05, 4.69) is 0 Å². The van der Waals surface area contributed by atoms with E-state index >= 15 is 0 Å². The van der Waals surface area contributed by atoms with Crippen LogP contribution in [0, 0.1) is 6.92 Å². The van der Waals surface area contributed by atoms with Crippen molar-refractivity contribution in [2.75, 3.05) is 0 Å². The van der Waals surface area contributed by atoms with Crippen molar-refractivity contribution in [2.24, 2.45) is 5.73 Å². The number of hydrogen-bond donors (Lipinski definition) is 2. The predicted octanol–water partition coefficient (Wildman–Crippen LogP) is 2.92. The first-order chi connectivity index (χ1) is 10.1. The number of ether oxygens (including phenoxy) is 2. The third kappa shape index (κ3) is 5.56. The minimum Gasteiger partial charge on any atom is -0.508 e. The maximum Gasteiger partial charge on any atom is 0.327 e. The van der Waals surface area contributed by atoms with E-state index in [4.69, 9.17) is 15.2 Å². The molecule has 0 radical (unpaired) electrons. The summed E-state index contributed by atoms with van der Waals surface area (Å²) in [4.78, 5) is 12.1. The molecule has 124 valence electrons. The van der Waals surface area contributed by atoms with Crippen molar-refractivity contribution in [1.82, 2.24) is 0 Å². The van der Waals surface area contributed by atoms with E-state index in [9.17, 15) is 9.90 Å². The van der Waals surface area contributed by atoms with Crippen molar-refractivity contribution in [2.45, 2.75) is 65.2 Å². The predicted molar refractivity (Wildman–Crippen MR) is 86.0 cm³/mol. The molecule has 0 fully saturated rings. The zero-order valence-electron chi connectivity index (χ0n) is 14.1. The summed E-state index contributed by atoms with van der Waals surface area (Å²) in [5, 5.41) is 9.55. The number of carbonyl (C=O) groups is 1. The summed E-state index contributed by atoms with van der Waals surface area (Å²) in [6.45, 7) is 9.19. The molecule has 0 heterocycles. The molecule has 0 aliphatic heterocycles. The lowest BCUT2D eigenvalue weighted by Crippen LogP contribution is -2.48. The molecule has 5 nitrogen and oxygen atoms in total. The first-order valence-electron chi connectivity index (χ1n) is 7.58. The highest BCUT2D eigenvalue weighted by Crippen LogP contribution is 2.24. The molecule has 1 aromatic carbocycles. The number of nitrogens with two attached hydrogens (primary N) is 1. The van der Waals surface area contributed by atoms with Gasteiger partial charge in [0.2, 0.25) is 0 Å². The van der Waals surface area contributed by atoms with E-state index in [1.54, 1.807) is 45.9 Å². The van der Waals surface area contributed by atoms with Crippen molar-refractivity contribution in [3.8, 4) is 11.5 Å². The van der Waals surface area contributed by atoms with Gasteiger partial charge in [0.25, 0.3) is 0 Å². The van der Waals surface area contributed by atoms with Gasteiger partial charge in [0.1, 0.15) is 29.2 Å². The second-order valence-electron chi connectivity index (χ2n) is 6.45. The summed E-state index contributed by atoms with van der Waals surface area (Å²) >= 11 is 0. The number of phenols is 1. The average Bonchev–Trinajstić information content (AvgIpc) is 2.39. The van der Waals surface area contributed by atoms with Crippen LogP contribution in [0.2, 0.25) is 0 Å². The number of phenolic OH excluding ortho intramolecular Hbond substituents is 1. The number of benzene rings is 1. The second kappa shape index (κ2) is 7.49. The van der Waals surface area contributed by atoms with Crippen LogP contribution in [0.5, 0.6) is 11.5 Å². The molecule has 0 amide bonds. The Bertz CT molecular complexity index is 508. The fourth-order valence-electron chi connectivity index (χ4n) is 1.99. The Kier molecular flexibility index (Phi) is 6.23. The van der Waals surface area contributed by atoms with Crippen molar-refractivity contribution < 1.29 is 19.4 Å². The largest absolute Gasteiger partial charge is 0.508 e. The summed E-state index contributed by atoms with van der Waals surface area (Å²) in [7, 11) is 0. The molecule has 0 aliphatic carbocycles. The van der Waals surface area contributed by atoms with Crippen LogP contribution in [0.25, 0.3) is 0 Å².